The maximum absolute atomic E-state index is 7.39. The van der Waals surface area contributed by atoms with Crippen LogP contribution in [0.15, 0.2) is 6.20 Å². The second-order valence-electron chi connectivity index (χ2n) is 3.67. The van der Waals surface area contributed by atoms with E-state index in [1.807, 2.05) is 7.05 Å². The van der Waals surface area contributed by atoms with Gasteiger partial charge in [-0.25, -0.2) is 0 Å². The molecule has 2 rings (SSSR count). The highest BCUT2D eigenvalue weighted by Crippen LogP contribution is 2.21. The van der Waals surface area contributed by atoms with Crippen LogP contribution in [0.25, 0.3) is 5.57 Å². The first-order valence-corrected chi connectivity index (χ1v) is 5.39. The first kappa shape index (κ1) is 10.9. The van der Waals surface area contributed by atoms with Gasteiger partial charge in [-0.05, 0) is 6.42 Å². The Labute approximate surface area is 94.4 Å². The number of aromatic amines is 1. The predicted octanol–water partition coefficient (Wildman–Crippen LogP) is 0.735. The molecule has 86 valence electrons. The fraction of sp³-hybridized carbons (Fsp3) is 0.455. The van der Waals surface area contributed by atoms with Crippen molar-refractivity contribution in [2.45, 2.75) is 12.8 Å². The molecule has 5 heteroatoms. The molecule has 0 bridgehead atoms. The lowest BCUT2D eigenvalue weighted by atomic mass is 10.0. The zero-order valence-electron chi connectivity index (χ0n) is 9.34. The Kier molecular flexibility index (Phi) is 3.36. The molecule has 1 aromatic rings. The van der Waals surface area contributed by atoms with Crippen molar-refractivity contribution < 1.29 is 4.74 Å². The molecule has 0 radical (unpaired) electrons. The molecule has 0 aliphatic carbocycles. The number of allylic oxidation sites excluding steroid dienone is 1. The monoisotopic (exact) mass is 220 g/mol. The molecule has 5 nitrogen and oxygen atoms in total. The van der Waals surface area contributed by atoms with E-state index in [9.17, 15) is 0 Å². The number of rotatable bonds is 3. The van der Waals surface area contributed by atoms with Gasteiger partial charge in [0.1, 0.15) is 0 Å². The van der Waals surface area contributed by atoms with E-state index in [0.29, 0.717) is 0 Å². The molecule has 0 saturated carbocycles. The van der Waals surface area contributed by atoms with E-state index in [-0.39, 0.29) is 0 Å². The molecule has 0 atom stereocenters. The average molecular weight is 220 g/mol. The van der Waals surface area contributed by atoms with E-state index >= 15 is 0 Å². The second kappa shape index (κ2) is 4.94. The normalized spacial score (nSPS) is 16.4. The lowest BCUT2D eigenvalue weighted by molar-refractivity contribution is 0.146. The molecule has 2 heterocycles. The molecule has 3 N–H and O–H groups in total. The summed E-state index contributed by atoms with van der Waals surface area (Å²) in [5.74, 6) is 0. The molecular formula is C11H16N4O. The van der Waals surface area contributed by atoms with Crippen LogP contribution in [-0.4, -0.2) is 36.7 Å². The molecule has 16 heavy (non-hydrogen) atoms. The van der Waals surface area contributed by atoms with Crippen LogP contribution in [0.2, 0.25) is 0 Å². The number of hydrogen-bond acceptors (Lipinski definition) is 4. The zero-order chi connectivity index (χ0) is 11.4. The predicted molar refractivity (Wildman–Crippen MR) is 62.6 cm³/mol. The maximum atomic E-state index is 7.39. The third-order valence-corrected chi connectivity index (χ3v) is 2.67. The Bertz CT molecular complexity index is 408. The van der Waals surface area contributed by atoms with Crippen LogP contribution in [0.1, 0.15) is 17.0 Å². The largest absolute Gasteiger partial charge is 0.393 e. The van der Waals surface area contributed by atoms with Crippen molar-refractivity contribution >= 4 is 11.8 Å². The lowest BCUT2D eigenvalue weighted by Gasteiger charge is -2.02. The first-order chi connectivity index (χ1) is 7.86. The summed E-state index contributed by atoms with van der Waals surface area (Å²) in [6.07, 6.45) is 4.83. The molecule has 0 amide bonds. The molecule has 1 aromatic heterocycles. The number of ether oxygens (including phenoxy) is 1. The van der Waals surface area contributed by atoms with Gasteiger partial charge in [0, 0.05) is 42.7 Å². The van der Waals surface area contributed by atoms with Crippen molar-refractivity contribution in [3.05, 3.63) is 23.2 Å². The highest BCUT2D eigenvalue weighted by molar-refractivity contribution is 6.07. The SMILES string of the molecule is CN/C=C(\C=N)c1n[nH]c2c1CCOCC2. The Morgan fingerprint density at radius 3 is 3.06 bits per heavy atom. The van der Waals surface area contributed by atoms with Crippen molar-refractivity contribution in [3.8, 4) is 0 Å². The summed E-state index contributed by atoms with van der Waals surface area (Å²) >= 11 is 0. The number of H-pyrrole nitrogens is 1. The summed E-state index contributed by atoms with van der Waals surface area (Å²) in [5.41, 5.74) is 3.98. The van der Waals surface area contributed by atoms with Gasteiger partial charge in [0.05, 0.1) is 18.9 Å². The zero-order valence-corrected chi connectivity index (χ0v) is 9.34. The maximum Gasteiger partial charge on any atom is 0.0986 e. The average Bonchev–Trinajstić information content (AvgIpc) is 2.56. The highest BCUT2D eigenvalue weighted by Gasteiger charge is 2.17. The summed E-state index contributed by atoms with van der Waals surface area (Å²) in [6, 6.07) is 0. The van der Waals surface area contributed by atoms with E-state index in [1.165, 1.54) is 11.8 Å². The summed E-state index contributed by atoms with van der Waals surface area (Å²) < 4.78 is 5.42. The number of fused-ring (bicyclic) bond motifs is 1. The van der Waals surface area contributed by atoms with E-state index < -0.39 is 0 Å². The van der Waals surface area contributed by atoms with Gasteiger partial charge in [-0.15, -0.1) is 0 Å². The third kappa shape index (κ3) is 1.99. The first-order valence-electron chi connectivity index (χ1n) is 5.39. The van der Waals surface area contributed by atoms with Gasteiger partial charge in [-0.2, -0.15) is 5.10 Å². The lowest BCUT2D eigenvalue weighted by Crippen LogP contribution is -2.01. The van der Waals surface area contributed by atoms with Gasteiger partial charge in [0.2, 0.25) is 0 Å². The van der Waals surface area contributed by atoms with Gasteiger partial charge >= 0.3 is 0 Å². The van der Waals surface area contributed by atoms with Crippen LogP contribution in [0.4, 0.5) is 0 Å². The van der Waals surface area contributed by atoms with Crippen LogP contribution in [0, 0.1) is 5.41 Å². The number of aromatic nitrogens is 2. The quantitative estimate of drug-likeness (QED) is 0.658. The highest BCUT2D eigenvalue weighted by atomic mass is 16.5. The van der Waals surface area contributed by atoms with E-state index in [1.54, 1.807) is 6.20 Å². The fourth-order valence-corrected chi connectivity index (χ4v) is 1.90. The second-order valence-corrected chi connectivity index (χ2v) is 3.67. The summed E-state index contributed by atoms with van der Waals surface area (Å²) in [7, 11) is 1.82. The topological polar surface area (TPSA) is 73.8 Å². The molecule has 0 saturated heterocycles. The Morgan fingerprint density at radius 2 is 2.31 bits per heavy atom. The smallest absolute Gasteiger partial charge is 0.0986 e. The van der Waals surface area contributed by atoms with Gasteiger partial charge in [0.25, 0.3) is 0 Å². The van der Waals surface area contributed by atoms with Crippen LogP contribution < -0.4 is 5.32 Å². The van der Waals surface area contributed by atoms with Crippen LogP contribution in [-0.2, 0) is 17.6 Å². The Morgan fingerprint density at radius 1 is 1.50 bits per heavy atom. The molecule has 1 aliphatic rings. The molecule has 0 aromatic carbocycles. The molecule has 0 spiro atoms. The van der Waals surface area contributed by atoms with Crippen molar-refractivity contribution in [3.63, 3.8) is 0 Å². The number of nitrogens with zero attached hydrogens (tertiary/aromatic N) is 1. The summed E-state index contributed by atoms with van der Waals surface area (Å²) in [4.78, 5) is 0. The fourth-order valence-electron chi connectivity index (χ4n) is 1.90. The van der Waals surface area contributed by atoms with Crippen LogP contribution in [0.5, 0.6) is 0 Å². The van der Waals surface area contributed by atoms with Gasteiger partial charge < -0.3 is 15.5 Å². The Hall–Kier alpha value is -1.62. The van der Waals surface area contributed by atoms with Crippen LogP contribution >= 0.6 is 0 Å². The number of hydrogen-bond donors (Lipinski definition) is 3. The van der Waals surface area contributed by atoms with Crippen molar-refractivity contribution in [2.75, 3.05) is 20.3 Å². The summed E-state index contributed by atoms with van der Waals surface area (Å²) in [5, 5.41) is 17.7. The van der Waals surface area contributed by atoms with E-state index in [4.69, 9.17) is 10.1 Å². The van der Waals surface area contributed by atoms with Crippen molar-refractivity contribution in [1.29, 1.82) is 5.41 Å². The van der Waals surface area contributed by atoms with Crippen LogP contribution in [0.3, 0.4) is 0 Å². The standard InChI is InChI=1S/C11H16N4O/c1-13-7-8(6-12)11-9-2-4-16-5-3-10(9)14-15-11/h6-7,12-13H,2-5H2,1H3,(H,14,15)/b8-7+,12-6?. The van der Waals surface area contributed by atoms with Crippen molar-refractivity contribution in [2.24, 2.45) is 0 Å². The van der Waals surface area contributed by atoms with E-state index in [0.717, 1.165) is 43.0 Å². The van der Waals surface area contributed by atoms with Crippen molar-refractivity contribution in [1.82, 2.24) is 15.5 Å². The summed E-state index contributed by atoms with van der Waals surface area (Å²) in [6.45, 7) is 1.47. The minimum atomic E-state index is 0.727. The molecule has 0 fully saturated rings. The van der Waals surface area contributed by atoms with E-state index in [2.05, 4.69) is 15.5 Å². The van der Waals surface area contributed by atoms with Gasteiger partial charge in [-0.3, -0.25) is 5.10 Å². The third-order valence-electron chi connectivity index (χ3n) is 2.67. The molecule has 0 unspecified atom stereocenters. The molecule has 1 aliphatic heterocycles. The minimum absolute atomic E-state index is 0.727. The Balaban J connectivity index is 2.38. The minimum Gasteiger partial charge on any atom is -0.393 e. The van der Waals surface area contributed by atoms with Gasteiger partial charge in [-0.1, -0.05) is 0 Å². The molecular weight excluding hydrogens is 204 g/mol. The number of nitrogens with one attached hydrogen (secondary N) is 3. The van der Waals surface area contributed by atoms with Gasteiger partial charge in [0.15, 0.2) is 0 Å².